The van der Waals surface area contributed by atoms with Gasteiger partial charge in [0.2, 0.25) is 0 Å². The van der Waals surface area contributed by atoms with Gasteiger partial charge >= 0.3 is 0 Å². The van der Waals surface area contributed by atoms with Crippen LogP contribution in [-0.4, -0.2) is 47.6 Å². The van der Waals surface area contributed by atoms with Crippen molar-refractivity contribution in [2.24, 2.45) is 0 Å². The molecule has 1 aromatic heterocycles. The molecular formula is C14H22N2O3. The van der Waals surface area contributed by atoms with Crippen molar-refractivity contribution in [3.05, 3.63) is 24.0 Å². The molecule has 5 heteroatoms. The molecule has 0 saturated carbocycles. The summed E-state index contributed by atoms with van der Waals surface area (Å²) < 4.78 is 5.54. The normalized spacial score (nSPS) is 18.6. The van der Waals surface area contributed by atoms with Gasteiger partial charge in [-0.2, -0.15) is 0 Å². The number of nitrogens with zero attached hydrogens (tertiary/aromatic N) is 2. The lowest BCUT2D eigenvalue weighted by Gasteiger charge is -2.33. The Bertz CT molecular complexity index is 373. The second-order valence-electron chi connectivity index (χ2n) is 4.90. The van der Waals surface area contributed by atoms with Gasteiger partial charge in [0.05, 0.1) is 43.0 Å². The molecule has 2 rings (SSSR count). The van der Waals surface area contributed by atoms with E-state index in [4.69, 9.17) is 9.84 Å². The molecule has 1 aliphatic heterocycles. The molecule has 1 aliphatic rings. The number of pyridine rings is 1. The highest BCUT2D eigenvalue weighted by atomic mass is 16.5. The van der Waals surface area contributed by atoms with Crippen LogP contribution in [0.25, 0.3) is 0 Å². The number of ether oxygens (including phenoxy) is 1. The van der Waals surface area contributed by atoms with Gasteiger partial charge in [-0.25, -0.2) is 0 Å². The SMILES string of the molecule is CC(O)c1ccc(N2CCC(OCCO)CC2)cn1. The predicted octanol–water partition coefficient (Wildman–Crippen LogP) is 1.11. The lowest BCUT2D eigenvalue weighted by molar-refractivity contribution is 0.0159. The van der Waals surface area contributed by atoms with Crippen molar-refractivity contribution in [3.63, 3.8) is 0 Å². The third-order valence-electron chi connectivity index (χ3n) is 3.45. The first kappa shape index (κ1) is 14.2. The number of aromatic nitrogens is 1. The molecule has 0 radical (unpaired) electrons. The molecule has 0 aromatic carbocycles. The van der Waals surface area contributed by atoms with Gasteiger partial charge in [0.1, 0.15) is 0 Å². The molecule has 2 heterocycles. The van der Waals surface area contributed by atoms with Gasteiger partial charge in [-0.15, -0.1) is 0 Å². The summed E-state index contributed by atoms with van der Waals surface area (Å²) in [5.74, 6) is 0. The summed E-state index contributed by atoms with van der Waals surface area (Å²) in [6.07, 6.45) is 3.49. The molecule has 0 amide bonds. The van der Waals surface area contributed by atoms with Gasteiger partial charge in [-0.05, 0) is 31.9 Å². The molecular weight excluding hydrogens is 244 g/mol. The van der Waals surface area contributed by atoms with Crippen LogP contribution in [0.2, 0.25) is 0 Å². The van der Waals surface area contributed by atoms with Crippen LogP contribution in [0.1, 0.15) is 31.6 Å². The Morgan fingerprint density at radius 2 is 2.16 bits per heavy atom. The van der Waals surface area contributed by atoms with Crippen molar-refractivity contribution in [3.8, 4) is 0 Å². The fourth-order valence-corrected chi connectivity index (χ4v) is 2.33. The van der Waals surface area contributed by atoms with Crippen LogP contribution in [0.4, 0.5) is 5.69 Å². The van der Waals surface area contributed by atoms with E-state index in [1.165, 1.54) is 0 Å². The molecule has 0 spiro atoms. The first-order valence-corrected chi connectivity index (χ1v) is 6.82. The Hall–Kier alpha value is -1.17. The predicted molar refractivity (Wildman–Crippen MR) is 73.1 cm³/mol. The van der Waals surface area contributed by atoms with Crippen LogP contribution in [0.15, 0.2) is 18.3 Å². The lowest BCUT2D eigenvalue weighted by atomic mass is 10.1. The molecule has 0 bridgehead atoms. The minimum absolute atomic E-state index is 0.0882. The summed E-state index contributed by atoms with van der Waals surface area (Å²) in [6.45, 7) is 4.10. The molecule has 19 heavy (non-hydrogen) atoms. The molecule has 1 saturated heterocycles. The van der Waals surface area contributed by atoms with Crippen molar-refractivity contribution < 1.29 is 14.9 Å². The monoisotopic (exact) mass is 266 g/mol. The number of hydrogen-bond acceptors (Lipinski definition) is 5. The van der Waals surface area contributed by atoms with Gasteiger partial charge in [-0.3, -0.25) is 4.98 Å². The average Bonchev–Trinajstić information content (AvgIpc) is 2.46. The fourth-order valence-electron chi connectivity index (χ4n) is 2.33. The van der Waals surface area contributed by atoms with Crippen molar-refractivity contribution in [2.45, 2.75) is 32.0 Å². The molecule has 5 nitrogen and oxygen atoms in total. The van der Waals surface area contributed by atoms with E-state index in [-0.39, 0.29) is 12.7 Å². The Balaban J connectivity index is 1.87. The summed E-state index contributed by atoms with van der Waals surface area (Å²) in [5.41, 5.74) is 1.79. The molecule has 1 aromatic rings. The van der Waals surface area contributed by atoms with E-state index in [0.29, 0.717) is 12.3 Å². The molecule has 1 fully saturated rings. The van der Waals surface area contributed by atoms with Gasteiger partial charge in [0.15, 0.2) is 0 Å². The van der Waals surface area contributed by atoms with Crippen LogP contribution < -0.4 is 4.90 Å². The number of piperidine rings is 1. The van der Waals surface area contributed by atoms with E-state index in [9.17, 15) is 5.11 Å². The topological polar surface area (TPSA) is 65.8 Å². The minimum atomic E-state index is -0.522. The quantitative estimate of drug-likeness (QED) is 0.836. The van der Waals surface area contributed by atoms with Crippen LogP contribution in [-0.2, 0) is 4.74 Å². The minimum Gasteiger partial charge on any atom is -0.394 e. The van der Waals surface area contributed by atoms with Crippen LogP contribution in [0.3, 0.4) is 0 Å². The Morgan fingerprint density at radius 1 is 1.42 bits per heavy atom. The lowest BCUT2D eigenvalue weighted by Crippen LogP contribution is -2.37. The van der Waals surface area contributed by atoms with Gasteiger partial charge in [0, 0.05) is 13.1 Å². The van der Waals surface area contributed by atoms with E-state index < -0.39 is 6.10 Å². The average molecular weight is 266 g/mol. The zero-order valence-corrected chi connectivity index (χ0v) is 11.3. The first-order valence-electron chi connectivity index (χ1n) is 6.82. The highest BCUT2D eigenvalue weighted by molar-refractivity contribution is 5.45. The maximum absolute atomic E-state index is 9.43. The molecule has 1 atom stereocenters. The third-order valence-corrected chi connectivity index (χ3v) is 3.45. The van der Waals surface area contributed by atoms with Gasteiger partial charge in [-0.1, -0.05) is 0 Å². The number of aliphatic hydroxyl groups excluding tert-OH is 2. The zero-order valence-electron chi connectivity index (χ0n) is 11.3. The number of aliphatic hydroxyl groups is 2. The maximum atomic E-state index is 9.43. The summed E-state index contributed by atoms with van der Waals surface area (Å²) in [5, 5.41) is 18.2. The van der Waals surface area contributed by atoms with Crippen molar-refractivity contribution >= 4 is 5.69 Å². The van der Waals surface area contributed by atoms with Crippen molar-refractivity contribution in [1.29, 1.82) is 0 Å². The van der Waals surface area contributed by atoms with Crippen molar-refractivity contribution in [2.75, 3.05) is 31.2 Å². The molecule has 106 valence electrons. The largest absolute Gasteiger partial charge is 0.394 e. The maximum Gasteiger partial charge on any atom is 0.0931 e. The highest BCUT2D eigenvalue weighted by Gasteiger charge is 2.20. The van der Waals surface area contributed by atoms with Crippen molar-refractivity contribution in [1.82, 2.24) is 4.98 Å². The number of anilines is 1. The van der Waals surface area contributed by atoms with E-state index >= 15 is 0 Å². The Kier molecular flexibility index (Phi) is 5.13. The molecule has 2 N–H and O–H groups in total. The van der Waals surface area contributed by atoms with E-state index in [2.05, 4.69) is 9.88 Å². The summed E-state index contributed by atoms with van der Waals surface area (Å²) in [6, 6.07) is 3.87. The van der Waals surface area contributed by atoms with E-state index in [0.717, 1.165) is 31.6 Å². The van der Waals surface area contributed by atoms with Gasteiger partial charge < -0.3 is 19.8 Å². The highest BCUT2D eigenvalue weighted by Crippen LogP contribution is 2.21. The molecule has 1 unspecified atom stereocenters. The summed E-state index contributed by atoms with van der Waals surface area (Å²) in [4.78, 5) is 6.54. The second-order valence-corrected chi connectivity index (χ2v) is 4.90. The van der Waals surface area contributed by atoms with E-state index in [1.54, 1.807) is 6.92 Å². The smallest absolute Gasteiger partial charge is 0.0931 e. The summed E-state index contributed by atoms with van der Waals surface area (Å²) >= 11 is 0. The van der Waals surface area contributed by atoms with Crippen LogP contribution in [0.5, 0.6) is 0 Å². The molecule has 0 aliphatic carbocycles. The third kappa shape index (κ3) is 3.89. The standard InChI is InChI=1S/C14H22N2O3/c1-11(18)14-3-2-12(10-15-14)16-6-4-13(5-7-16)19-9-8-17/h2-3,10-11,13,17-18H,4-9H2,1H3. The zero-order chi connectivity index (χ0) is 13.7. The number of hydrogen-bond donors (Lipinski definition) is 2. The fraction of sp³-hybridized carbons (Fsp3) is 0.643. The Morgan fingerprint density at radius 3 is 2.68 bits per heavy atom. The van der Waals surface area contributed by atoms with E-state index in [1.807, 2.05) is 18.3 Å². The number of rotatable bonds is 5. The first-order chi connectivity index (χ1) is 9.20. The van der Waals surface area contributed by atoms with Gasteiger partial charge in [0.25, 0.3) is 0 Å². The van der Waals surface area contributed by atoms with Crippen LogP contribution in [0, 0.1) is 0 Å². The van der Waals surface area contributed by atoms with Crippen LogP contribution >= 0.6 is 0 Å². The summed E-state index contributed by atoms with van der Waals surface area (Å²) in [7, 11) is 0. The second kappa shape index (κ2) is 6.84. The Labute approximate surface area is 113 Å².